The van der Waals surface area contributed by atoms with Crippen LogP contribution in [-0.4, -0.2) is 65.2 Å². The van der Waals surface area contributed by atoms with Gasteiger partial charge < -0.3 is 19.6 Å². The van der Waals surface area contributed by atoms with Crippen LogP contribution in [0.4, 0.5) is 4.79 Å². The molecule has 0 saturated carbocycles. The van der Waals surface area contributed by atoms with Crippen LogP contribution in [0.25, 0.3) is 0 Å². The van der Waals surface area contributed by atoms with E-state index in [1.807, 2.05) is 0 Å². The van der Waals surface area contributed by atoms with Crippen molar-refractivity contribution in [2.75, 3.05) is 26.7 Å². The van der Waals surface area contributed by atoms with E-state index in [1.165, 1.54) is 16.8 Å². The van der Waals surface area contributed by atoms with Gasteiger partial charge in [0.25, 0.3) is 0 Å². The molecule has 20 heavy (non-hydrogen) atoms. The lowest BCUT2D eigenvalue weighted by atomic mass is 10.1. The fourth-order valence-corrected chi connectivity index (χ4v) is 2.05. The van der Waals surface area contributed by atoms with Crippen molar-refractivity contribution in [3.63, 3.8) is 0 Å². The van der Waals surface area contributed by atoms with Gasteiger partial charge in [-0.15, -0.1) is 0 Å². The molecule has 0 aromatic heterocycles. The summed E-state index contributed by atoms with van der Waals surface area (Å²) in [4.78, 5) is 37.1. The molecule has 1 N–H and O–H groups in total. The number of nitrogens with zero attached hydrogens (tertiary/aromatic N) is 2. The number of likely N-dealkylation sites (N-methyl/N-ethyl adjacent to an activating group) is 1. The lowest BCUT2D eigenvalue weighted by Crippen LogP contribution is -2.39. The van der Waals surface area contributed by atoms with Gasteiger partial charge in [0.1, 0.15) is 12.1 Å². The summed E-state index contributed by atoms with van der Waals surface area (Å²) in [5.74, 6) is -1.66. The van der Waals surface area contributed by atoms with Gasteiger partial charge in [0.2, 0.25) is 5.91 Å². The molecule has 1 aliphatic rings. The van der Waals surface area contributed by atoms with Crippen molar-refractivity contribution in [1.29, 1.82) is 0 Å². The van der Waals surface area contributed by atoms with Gasteiger partial charge in [-0.2, -0.15) is 0 Å². The van der Waals surface area contributed by atoms with Crippen LogP contribution in [-0.2, 0) is 14.3 Å². The maximum Gasteiger partial charge on any atom is 0.410 e. The van der Waals surface area contributed by atoms with E-state index in [2.05, 4.69) is 0 Å². The Morgan fingerprint density at radius 2 is 1.95 bits per heavy atom. The lowest BCUT2D eigenvalue weighted by Gasteiger charge is -2.24. The largest absolute Gasteiger partial charge is 0.480 e. The molecule has 0 bridgehead atoms. The third-order valence-electron chi connectivity index (χ3n) is 2.94. The molecule has 1 saturated heterocycles. The number of likely N-dealkylation sites (tertiary alicyclic amines) is 1. The Kier molecular flexibility index (Phi) is 4.97. The molecular formula is C13H22N2O5. The quantitative estimate of drug-likeness (QED) is 0.828. The first-order valence-electron chi connectivity index (χ1n) is 6.55. The molecule has 2 amide bonds. The van der Waals surface area contributed by atoms with Crippen LogP contribution >= 0.6 is 0 Å². The van der Waals surface area contributed by atoms with Crippen molar-refractivity contribution in [3.8, 4) is 0 Å². The number of ether oxygens (including phenoxy) is 1. The molecule has 1 heterocycles. The number of carboxylic acids is 1. The first-order chi connectivity index (χ1) is 9.10. The fraction of sp³-hybridized carbons (Fsp3) is 0.769. The molecule has 1 rings (SSSR count). The highest BCUT2D eigenvalue weighted by molar-refractivity contribution is 5.84. The van der Waals surface area contributed by atoms with Crippen molar-refractivity contribution >= 4 is 18.0 Å². The van der Waals surface area contributed by atoms with Crippen LogP contribution < -0.4 is 0 Å². The summed E-state index contributed by atoms with van der Waals surface area (Å²) >= 11 is 0. The van der Waals surface area contributed by atoms with Gasteiger partial charge in [0.15, 0.2) is 0 Å². The van der Waals surface area contributed by atoms with Crippen LogP contribution in [0.15, 0.2) is 0 Å². The minimum Gasteiger partial charge on any atom is -0.480 e. The second-order valence-corrected chi connectivity index (χ2v) is 6.00. The van der Waals surface area contributed by atoms with Gasteiger partial charge in [-0.3, -0.25) is 9.59 Å². The summed E-state index contributed by atoms with van der Waals surface area (Å²) in [7, 11) is 1.45. The zero-order valence-corrected chi connectivity index (χ0v) is 12.4. The lowest BCUT2D eigenvalue weighted by molar-refractivity contribution is -0.145. The third-order valence-corrected chi connectivity index (χ3v) is 2.94. The van der Waals surface area contributed by atoms with E-state index in [9.17, 15) is 14.4 Å². The van der Waals surface area contributed by atoms with Crippen LogP contribution in [0.5, 0.6) is 0 Å². The predicted octanol–water partition coefficient (Wildman–Crippen LogP) is 0.786. The minimum absolute atomic E-state index is 0.251. The monoisotopic (exact) mass is 286 g/mol. The number of carbonyl (C=O) groups excluding carboxylic acids is 2. The molecule has 0 radical (unpaired) electrons. The molecule has 0 aliphatic carbocycles. The Labute approximate surface area is 118 Å². The van der Waals surface area contributed by atoms with E-state index in [0.29, 0.717) is 13.0 Å². The van der Waals surface area contributed by atoms with Crippen molar-refractivity contribution < 1.29 is 24.2 Å². The third kappa shape index (κ3) is 4.71. The summed E-state index contributed by atoms with van der Waals surface area (Å²) in [5.41, 5.74) is -0.570. The Hall–Kier alpha value is -1.79. The van der Waals surface area contributed by atoms with Gasteiger partial charge in [-0.05, 0) is 27.2 Å². The van der Waals surface area contributed by atoms with E-state index in [-0.39, 0.29) is 24.9 Å². The smallest absolute Gasteiger partial charge is 0.410 e. The second-order valence-electron chi connectivity index (χ2n) is 6.00. The van der Waals surface area contributed by atoms with E-state index in [0.717, 1.165) is 0 Å². The average molecular weight is 286 g/mol. The first kappa shape index (κ1) is 16.3. The summed E-state index contributed by atoms with van der Waals surface area (Å²) in [5, 5.41) is 8.66. The first-order valence-corrected chi connectivity index (χ1v) is 6.55. The predicted molar refractivity (Wildman–Crippen MR) is 71.2 cm³/mol. The molecule has 1 aliphatic heterocycles. The Balaban J connectivity index is 2.53. The molecule has 1 fully saturated rings. The number of amides is 2. The number of carbonyl (C=O) groups is 3. The number of hydrogen-bond acceptors (Lipinski definition) is 4. The fourth-order valence-electron chi connectivity index (χ4n) is 2.05. The summed E-state index contributed by atoms with van der Waals surface area (Å²) < 4.78 is 5.24. The Bertz CT molecular complexity index is 402. The highest BCUT2D eigenvalue weighted by Gasteiger charge is 2.34. The highest BCUT2D eigenvalue weighted by Crippen LogP contribution is 2.20. The number of hydrogen-bond donors (Lipinski definition) is 1. The zero-order chi connectivity index (χ0) is 15.5. The molecular weight excluding hydrogens is 264 g/mol. The number of aliphatic carboxylic acids is 1. The van der Waals surface area contributed by atoms with E-state index >= 15 is 0 Å². The van der Waals surface area contributed by atoms with Crippen LogP contribution in [0.1, 0.15) is 27.2 Å². The standard InChI is InChI=1S/C13H22N2O5/c1-13(2,3)20-12(19)15-6-5-9(7-15)11(18)14(4)8-10(16)17/h9H,5-8H2,1-4H3,(H,16,17)/t9-/m0/s1. The maximum atomic E-state index is 12.0. The molecule has 0 spiro atoms. The SMILES string of the molecule is CN(CC(=O)O)C(=O)[C@H]1CCN(C(=O)OC(C)(C)C)C1. The van der Waals surface area contributed by atoms with Gasteiger partial charge in [0.05, 0.1) is 5.92 Å². The van der Waals surface area contributed by atoms with Crippen molar-refractivity contribution in [1.82, 2.24) is 9.80 Å². The highest BCUT2D eigenvalue weighted by atomic mass is 16.6. The van der Waals surface area contributed by atoms with Crippen LogP contribution in [0.2, 0.25) is 0 Å². The minimum atomic E-state index is -1.05. The Morgan fingerprint density at radius 3 is 2.45 bits per heavy atom. The zero-order valence-electron chi connectivity index (χ0n) is 12.4. The van der Waals surface area contributed by atoms with Crippen molar-refractivity contribution in [3.05, 3.63) is 0 Å². The summed E-state index contributed by atoms with van der Waals surface area (Å²) in [6.45, 7) is 5.74. The normalized spacial score (nSPS) is 18.8. The van der Waals surface area contributed by atoms with Gasteiger partial charge in [-0.1, -0.05) is 0 Å². The van der Waals surface area contributed by atoms with E-state index < -0.39 is 17.7 Å². The molecule has 1 atom stereocenters. The molecule has 114 valence electrons. The molecule has 0 aromatic carbocycles. The average Bonchev–Trinajstić information content (AvgIpc) is 2.73. The topological polar surface area (TPSA) is 87.2 Å². The van der Waals surface area contributed by atoms with E-state index in [4.69, 9.17) is 9.84 Å². The van der Waals surface area contributed by atoms with Crippen molar-refractivity contribution in [2.24, 2.45) is 5.92 Å². The van der Waals surface area contributed by atoms with Gasteiger partial charge >= 0.3 is 12.1 Å². The second kappa shape index (κ2) is 6.11. The molecule has 0 unspecified atom stereocenters. The molecule has 7 nitrogen and oxygen atoms in total. The maximum absolute atomic E-state index is 12.0. The summed E-state index contributed by atoms with van der Waals surface area (Å²) in [6, 6.07) is 0. The van der Waals surface area contributed by atoms with Gasteiger partial charge in [-0.25, -0.2) is 4.79 Å². The van der Waals surface area contributed by atoms with Crippen molar-refractivity contribution in [2.45, 2.75) is 32.8 Å². The molecule has 7 heteroatoms. The Morgan fingerprint density at radius 1 is 1.35 bits per heavy atom. The number of carboxylic acid groups (broad SMARTS) is 1. The van der Waals surface area contributed by atoms with E-state index in [1.54, 1.807) is 20.8 Å². The van der Waals surface area contributed by atoms with Gasteiger partial charge in [0, 0.05) is 20.1 Å². The number of rotatable bonds is 3. The van der Waals surface area contributed by atoms with Crippen LogP contribution in [0.3, 0.4) is 0 Å². The molecule has 0 aromatic rings. The van der Waals surface area contributed by atoms with Crippen LogP contribution in [0, 0.1) is 5.92 Å². The summed E-state index contributed by atoms with van der Waals surface area (Å²) in [6.07, 6.45) is 0.0934.